The van der Waals surface area contributed by atoms with Crippen molar-refractivity contribution < 1.29 is 8.76 Å². The molecule has 0 aliphatic carbocycles. The minimum atomic E-state index is -3.24. The summed E-state index contributed by atoms with van der Waals surface area (Å²) in [6.45, 7) is 0.843. The van der Waals surface area contributed by atoms with Gasteiger partial charge in [0.25, 0.3) is 0 Å². The third-order valence-electron chi connectivity index (χ3n) is 3.93. The van der Waals surface area contributed by atoms with Gasteiger partial charge in [-0.25, -0.2) is 4.79 Å². The van der Waals surface area contributed by atoms with Crippen molar-refractivity contribution >= 4 is 22.0 Å². The summed E-state index contributed by atoms with van der Waals surface area (Å²) in [6, 6.07) is 6.85. The summed E-state index contributed by atoms with van der Waals surface area (Å²) < 4.78 is 26.1. The smallest absolute Gasteiger partial charge is 0.348 e. The van der Waals surface area contributed by atoms with Crippen LogP contribution in [0.2, 0.25) is 5.02 Å². The molecule has 9 heteroatoms. The zero-order valence-electron chi connectivity index (χ0n) is 12.6. The Bertz CT molecular complexity index is 812. The van der Waals surface area contributed by atoms with Crippen LogP contribution in [0, 0.1) is 0 Å². The zero-order chi connectivity index (χ0) is 16.6. The Morgan fingerprint density at radius 2 is 2.26 bits per heavy atom. The number of halogens is 1. The highest BCUT2D eigenvalue weighted by Gasteiger charge is 2.32. The quantitative estimate of drug-likeness (QED) is 0.844. The van der Waals surface area contributed by atoms with E-state index in [-0.39, 0.29) is 11.6 Å². The van der Waals surface area contributed by atoms with Crippen LogP contribution < -0.4 is 5.69 Å². The Hall–Kier alpha value is -1.48. The average molecular weight is 357 g/mol. The van der Waals surface area contributed by atoms with Crippen LogP contribution in [0.3, 0.4) is 0 Å². The predicted octanol–water partition coefficient (Wildman–Crippen LogP) is 1.57. The van der Waals surface area contributed by atoms with Gasteiger partial charge in [0, 0.05) is 17.5 Å². The Kier molecular flexibility index (Phi) is 4.41. The van der Waals surface area contributed by atoms with Crippen LogP contribution in [0.1, 0.15) is 24.6 Å². The number of aromatic amines is 1. The molecule has 0 bridgehead atoms. The number of sulfonamides is 1. The van der Waals surface area contributed by atoms with Gasteiger partial charge in [0.05, 0.1) is 12.2 Å². The summed E-state index contributed by atoms with van der Waals surface area (Å²) in [4.78, 5) is 14.9. The van der Waals surface area contributed by atoms with Crippen molar-refractivity contribution in [1.82, 2.24) is 19.1 Å². The summed E-state index contributed by atoms with van der Waals surface area (Å²) in [6.07, 6.45) is 2.72. The van der Waals surface area contributed by atoms with Gasteiger partial charge in [-0.2, -0.15) is 4.68 Å². The highest BCUT2D eigenvalue weighted by Crippen LogP contribution is 2.26. The largest absolute Gasteiger partial charge is 0.598 e. The van der Waals surface area contributed by atoms with Crippen LogP contribution in [-0.4, -0.2) is 43.0 Å². The summed E-state index contributed by atoms with van der Waals surface area (Å²) in [5.74, 6) is 0.384. The van der Waals surface area contributed by atoms with Crippen LogP contribution in [0.5, 0.6) is 0 Å². The minimum absolute atomic E-state index is 0.119. The second-order valence-electron chi connectivity index (χ2n) is 5.67. The van der Waals surface area contributed by atoms with E-state index in [1.807, 2.05) is 0 Å². The van der Waals surface area contributed by atoms with E-state index in [0.717, 1.165) is 12.8 Å². The van der Waals surface area contributed by atoms with Crippen molar-refractivity contribution in [3.8, 4) is 5.69 Å². The molecule has 1 fully saturated rings. The molecule has 1 aromatic heterocycles. The third-order valence-corrected chi connectivity index (χ3v) is 5.43. The van der Waals surface area contributed by atoms with Gasteiger partial charge in [-0.05, 0) is 31.0 Å². The lowest BCUT2D eigenvalue weighted by molar-refractivity contribution is 0.286. The SMILES string of the molecule is C[S+](=O)([O-])N1CCCC(c2nn(-c3cccc(Cl)c3)c(=O)[nH]2)C1. The number of rotatable bonds is 3. The number of piperidine rings is 1. The van der Waals surface area contributed by atoms with Crippen molar-refractivity contribution in [3.05, 3.63) is 45.6 Å². The van der Waals surface area contributed by atoms with E-state index in [9.17, 15) is 13.6 Å². The molecule has 2 atom stereocenters. The number of nitrogens with zero attached hydrogens (tertiary/aromatic N) is 3. The molecule has 0 amide bonds. The van der Waals surface area contributed by atoms with Crippen LogP contribution in [0.4, 0.5) is 0 Å². The number of nitrogens with one attached hydrogen (secondary N) is 1. The van der Waals surface area contributed by atoms with E-state index in [2.05, 4.69) is 10.1 Å². The second-order valence-corrected chi connectivity index (χ2v) is 8.09. The average Bonchev–Trinajstić information content (AvgIpc) is 2.89. The first kappa shape index (κ1) is 16.4. The molecule has 2 aromatic rings. The lowest BCUT2D eigenvalue weighted by Crippen LogP contribution is -2.42. The van der Waals surface area contributed by atoms with Gasteiger partial charge in [0.15, 0.2) is 0 Å². The maximum Gasteiger partial charge on any atom is 0.348 e. The second kappa shape index (κ2) is 6.20. The Morgan fingerprint density at radius 3 is 2.96 bits per heavy atom. The van der Waals surface area contributed by atoms with Gasteiger partial charge in [0.2, 0.25) is 0 Å². The van der Waals surface area contributed by atoms with E-state index in [1.54, 1.807) is 24.3 Å². The van der Waals surface area contributed by atoms with Crippen molar-refractivity contribution in [3.63, 3.8) is 0 Å². The van der Waals surface area contributed by atoms with Crippen LogP contribution in [0.15, 0.2) is 29.1 Å². The standard InChI is InChI=1S/C14H17ClN4O3S/c1-23(21,22)18-7-3-4-10(9-18)13-16-14(20)19(17-13)12-6-2-5-11(15)8-12/h2,5-6,8,10H,3-4,7,9H2,1H3,(H-,16,17,20,21,22). The van der Waals surface area contributed by atoms with E-state index < -0.39 is 10.4 Å². The molecule has 1 N–H and O–H groups in total. The Balaban J connectivity index is 1.89. The number of H-pyrrole nitrogens is 1. The fourth-order valence-electron chi connectivity index (χ4n) is 2.77. The maximum absolute atomic E-state index is 12.1. The molecule has 0 saturated carbocycles. The van der Waals surface area contributed by atoms with E-state index in [1.165, 1.54) is 15.2 Å². The van der Waals surface area contributed by atoms with Crippen molar-refractivity contribution in [1.29, 1.82) is 0 Å². The molecule has 1 aliphatic rings. The van der Waals surface area contributed by atoms with Crippen LogP contribution in [-0.2, 0) is 14.6 Å². The molecule has 2 heterocycles. The minimum Gasteiger partial charge on any atom is -0.598 e. The highest BCUT2D eigenvalue weighted by atomic mass is 35.5. The van der Waals surface area contributed by atoms with Gasteiger partial charge in [-0.15, -0.1) is 9.40 Å². The monoisotopic (exact) mass is 356 g/mol. The van der Waals surface area contributed by atoms with Gasteiger partial charge in [0.1, 0.15) is 22.5 Å². The topological polar surface area (TPSA) is 94.0 Å². The summed E-state index contributed by atoms with van der Waals surface area (Å²) in [7, 11) is -3.24. The van der Waals surface area contributed by atoms with Gasteiger partial charge in [-0.3, -0.25) is 4.98 Å². The predicted molar refractivity (Wildman–Crippen MR) is 87.5 cm³/mol. The molecule has 2 unspecified atom stereocenters. The van der Waals surface area contributed by atoms with E-state index >= 15 is 0 Å². The highest BCUT2D eigenvalue weighted by molar-refractivity contribution is 7.94. The van der Waals surface area contributed by atoms with Crippen molar-refractivity contribution in [2.45, 2.75) is 18.8 Å². The maximum atomic E-state index is 12.1. The van der Waals surface area contributed by atoms with Crippen molar-refractivity contribution in [2.75, 3.05) is 19.3 Å². The zero-order valence-corrected chi connectivity index (χ0v) is 14.1. The van der Waals surface area contributed by atoms with E-state index in [4.69, 9.17) is 11.6 Å². The molecule has 3 rings (SSSR count). The number of aromatic nitrogens is 3. The van der Waals surface area contributed by atoms with Gasteiger partial charge < -0.3 is 4.55 Å². The van der Waals surface area contributed by atoms with Crippen LogP contribution in [0.25, 0.3) is 5.69 Å². The molecule has 1 saturated heterocycles. The summed E-state index contributed by atoms with van der Waals surface area (Å²) in [5.41, 5.74) is 0.208. The lowest BCUT2D eigenvalue weighted by Gasteiger charge is -2.31. The summed E-state index contributed by atoms with van der Waals surface area (Å²) in [5, 5.41) is 4.84. The molecular weight excluding hydrogens is 340 g/mol. The molecular formula is C14H17ClN4O3S. The molecule has 0 spiro atoms. The lowest BCUT2D eigenvalue weighted by atomic mass is 9.99. The van der Waals surface area contributed by atoms with Crippen molar-refractivity contribution in [2.24, 2.45) is 0 Å². The Morgan fingerprint density at radius 1 is 1.48 bits per heavy atom. The number of benzene rings is 1. The van der Waals surface area contributed by atoms with E-state index in [0.29, 0.717) is 29.6 Å². The van der Waals surface area contributed by atoms with Gasteiger partial charge in [-0.1, -0.05) is 21.9 Å². The molecule has 124 valence electrons. The molecule has 23 heavy (non-hydrogen) atoms. The normalized spacial score (nSPS) is 22.0. The fourth-order valence-corrected chi connectivity index (χ4v) is 3.87. The molecule has 7 nitrogen and oxygen atoms in total. The first-order valence-electron chi connectivity index (χ1n) is 7.25. The third kappa shape index (κ3) is 3.55. The van der Waals surface area contributed by atoms with Gasteiger partial charge >= 0.3 is 5.69 Å². The molecule has 1 aliphatic heterocycles. The number of hydrogen-bond donors (Lipinski definition) is 1. The van der Waals surface area contributed by atoms with Crippen LogP contribution >= 0.6 is 11.6 Å². The first-order chi connectivity index (χ1) is 10.8. The Labute approximate surface area is 139 Å². The molecule has 0 radical (unpaired) electrons. The number of hydrogen-bond acceptors (Lipinski definition) is 4. The fraction of sp³-hybridized carbons (Fsp3) is 0.429. The molecule has 1 aromatic carbocycles. The summed E-state index contributed by atoms with van der Waals surface area (Å²) >= 11 is 5.95. The first-order valence-corrected chi connectivity index (χ1v) is 9.47.